The van der Waals surface area contributed by atoms with Crippen LogP contribution in [0.1, 0.15) is 40.5 Å². The van der Waals surface area contributed by atoms with Gasteiger partial charge in [-0.15, -0.1) is 0 Å². The molecule has 0 heterocycles. The first kappa shape index (κ1) is 13.4. The van der Waals surface area contributed by atoms with Gasteiger partial charge < -0.3 is 9.47 Å². The first-order valence-corrected chi connectivity index (χ1v) is 5.26. The van der Waals surface area contributed by atoms with Crippen molar-refractivity contribution < 1.29 is 14.3 Å². The standard InChI is InChI=1S/C11H22O3/c1-6-9(14-8-3)11(4,7-2)10(12)13-5/h9H,6-8H2,1-5H3. The van der Waals surface area contributed by atoms with Gasteiger partial charge in [-0.3, -0.25) is 4.79 Å². The van der Waals surface area contributed by atoms with Crippen molar-refractivity contribution in [2.24, 2.45) is 5.41 Å². The maximum Gasteiger partial charge on any atom is 0.314 e. The summed E-state index contributed by atoms with van der Waals surface area (Å²) in [5.74, 6) is -0.180. The average Bonchev–Trinajstić information content (AvgIpc) is 2.23. The Morgan fingerprint density at radius 3 is 2.21 bits per heavy atom. The summed E-state index contributed by atoms with van der Waals surface area (Å²) >= 11 is 0. The lowest BCUT2D eigenvalue weighted by Crippen LogP contribution is -2.41. The highest BCUT2D eigenvalue weighted by atomic mass is 16.5. The van der Waals surface area contributed by atoms with Crippen LogP contribution in [-0.4, -0.2) is 25.8 Å². The third-order valence-corrected chi connectivity index (χ3v) is 2.84. The molecule has 2 atom stereocenters. The number of methoxy groups -OCH3 is 1. The van der Waals surface area contributed by atoms with Crippen LogP contribution in [0.4, 0.5) is 0 Å². The van der Waals surface area contributed by atoms with E-state index in [1.165, 1.54) is 7.11 Å². The van der Waals surface area contributed by atoms with E-state index < -0.39 is 5.41 Å². The smallest absolute Gasteiger partial charge is 0.314 e. The molecule has 14 heavy (non-hydrogen) atoms. The second kappa shape index (κ2) is 6.02. The molecule has 0 saturated carbocycles. The Hall–Kier alpha value is -0.570. The molecule has 0 aliphatic rings. The largest absolute Gasteiger partial charge is 0.469 e. The van der Waals surface area contributed by atoms with E-state index in [4.69, 9.17) is 9.47 Å². The fourth-order valence-electron chi connectivity index (χ4n) is 1.69. The lowest BCUT2D eigenvalue weighted by atomic mass is 9.80. The van der Waals surface area contributed by atoms with Gasteiger partial charge in [0.2, 0.25) is 0 Å². The molecule has 0 aliphatic heterocycles. The molecule has 0 rings (SSSR count). The molecule has 0 saturated heterocycles. The Morgan fingerprint density at radius 1 is 1.36 bits per heavy atom. The van der Waals surface area contributed by atoms with Crippen molar-refractivity contribution in [2.75, 3.05) is 13.7 Å². The number of rotatable bonds is 6. The summed E-state index contributed by atoms with van der Waals surface area (Å²) in [6, 6.07) is 0. The third-order valence-electron chi connectivity index (χ3n) is 2.84. The van der Waals surface area contributed by atoms with Gasteiger partial charge in [-0.2, -0.15) is 0 Å². The van der Waals surface area contributed by atoms with E-state index in [9.17, 15) is 4.79 Å². The van der Waals surface area contributed by atoms with Gasteiger partial charge in [-0.25, -0.2) is 0 Å². The predicted octanol–water partition coefficient (Wildman–Crippen LogP) is 2.39. The highest BCUT2D eigenvalue weighted by Crippen LogP contribution is 2.31. The van der Waals surface area contributed by atoms with Gasteiger partial charge in [0, 0.05) is 6.61 Å². The molecule has 0 aliphatic carbocycles. The van der Waals surface area contributed by atoms with Crippen LogP contribution < -0.4 is 0 Å². The van der Waals surface area contributed by atoms with Crippen molar-refractivity contribution in [1.29, 1.82) is 0 Å². The van der Waals surface area contributed by atoms with Crippen molar-refractivity contribution in [1.82, 2.24) is 0 Å². The van der Waals surface area contributed by atoms with Crippen LogP contribution in [0.15, 0.2) is 0 Å². The van der Waals surface area contributed by atoms with E-state index in [1.54, 1.807) is 0 Å². The molecule has 0 bridgehead atoms. The molecule has 0 radical (unpaired) electrons. The first-order chi connectivity index (χ1) is 6.56. The fourth-order valence-corrected chi connectivity index (χ4v) is 1.69. The van der Waals surface area contributed by atoms with E-state index in [-0.39, 0.29) is 12.1 Å². The minimum Gasteiger partial charge on any atom is -0.469 e. The monoisotopic (exact) mass is 202 g/mol. The molecule has 84 valence electrons. The summed E-state index contributed by atoms with van der Waals surface area (Å²) in [6.45, 7) is 8.49. The highest BCUT2D eigenvalue weighted by molar-refractivity contribution is 5.77. The Bertz CT molecular complexity index is 179. The molecule has 0 amide bonds. The lowest BCUT2D eigenvalue weighted by Gasteiger charge is -2.33. The minimum absolute atomic E-state index is 0.0510. The SMILES string of the molecule is CCOC(CC)C(C)(CC)C(=O)OC. The van der Waals surface area contributed by atoms with Crippen molar-refractivity contribution in [2.45, 2.75) is 46.6 Å². The number of hydrogen-bond donors (Lipinski definition) is 0. The number of carbonyl (C=O) groups excluding carboxylic acids is 1. The van der Waals surface area contributed by atoms with Crippen molar-refractivity contribution >= 4 is 5.97 Å². The topological polar surface area (TPSA) is 35.5 Å². The molecular weight excluding hydrogens is 180 g/mol. The summed E-state index contributed by atoms with van der Waals surface area (Å²) in [6.07, 6.45) is 1.51. The van der Waals surface area contributed by atoms with Gasteiger partial charge in [-0.1, -0.05) is 13.8 Å². The fraction of sp³-hybridized carbons (Fsp3) is 0.909. The van der Waals surface area contributed by atoms with Gasteiger partial charge in [0.25, 0.3) is 0 Å². The molecule has 0 fully saturated rings. The maximum atomic E-state index is 11.6. The van der Waals surface area contributed by atoms with Gasteiger partial charge in [0.15, 0.2) is 0 Å². The minimum atomic E-state index is -0.514. The average molecular weight is 202 g/mol. The Kier molecular flexibility index (Phi) is 5.77. The first-order valence-electron chi connectivity index (χ1n) is 5.26. The second-order valence-corrected chi connectivity index (χ2v) is 3.61. The summed E-state index contributed by atoms with van der Waals surface area (Å²) in [5, 5.41) is 0. The molecule has 3 nitrogen and oxygen atoms in total. The van der Waals surface area contributed by atoms with E-state index in [0.717, 1.165) is 12.8 Å². The van der Waals surface area contributed by atoms with Gasteiger partial charge >= 0.3 is 5.97 Å². The van der Waals surface area contributed by atoms with Crippen LogP contribution in [0, 0.1) is 5.41 Å². The number of ether oxygens (including phenoxy) is 2. The van der Waals surface area contributed by atoms with Gasteiger partial charge in [-0.05, 0) is 26.7 Å². The molecular formula is C11H22O3. The Labute approximate surface area is 86.8 Å². The van der Waals surface area contributed by atoms with E-state index >= 15 is 0 Å². The Balaban J connectivity index is 4.69. The number of carbonyl (C=O) groups is 1. The third kappa shape index (κ3) is 2.71. The Morgan fingerprint density at radius 2 is 1.93 bits per heavy atom. The number of hydrogen-bond acceptors (Lipinski definition) is 3. The van der Waals surface area contributed by atoms with Crippen LogP contribution in [0.5, 0.6) is 0 Å². The molecule has 0 aromatic heterocycles. The molecule has 0 aromatic rings. The zero-order valence-corrected chi connectivity index (χ0v) is 9.92. The lowest BCUT2D eigenvalue weighted by molar-refractivity contribution is -0.162. The van der Waals surface area contributed by atoms with Gasteiger partial charge in [0.1, 0.15) is 0 Å². The van der Waals surface area contributed by atoms with E-state index in [1.807, 2.05) is 27.7 Å². The van der Waals surface area contributed by atoms with Gasteiger partial charge in [0.05, 0.1) is 18.6 Å². The second-order valence-electron chi connectivity index (χ2n) is 3.61. The van der Waals surface area contributed by atoms with Crippen LogP contribution in [-0.2, 0) is 14.3 Å². The zero-order chi connectivity index (χ0) is 11.2. The maximum absolute atomic E-state index is 11.6. The van der Waals surface area contributed by atoms with Crippen LogP contribution in [0.3, 0.4) is 0 Å². The molecule has 2 unspecified atom stereocenters. The summed E-state index contributed by atoms with van der Waals surface area (Å²) in [4.78, 5) is 11.6. The number of esters is 1. The van der Waals surface area contributed by atoms with E-state index in [0.29, 0.717) is 6.61 Å². The molecule has 0 spiro atoms. The molecule has 3 heteroatoms. The summed E-state index contributed by atoms with van der Waals surface area (Å²) in [7, 11) is 1.43. The predicted molar refractivity (Wildman–Crippen MR) is 56.1 cm³/mol. The van der Waals surface area contributed by atoms with Crippen molar-refractivity contribution in [3.63, 3.8) is 0 Å². The van der Waals surface area contributed by atoms with Crippen molar-refractivity contribution in [3.05, 3.63) is 0 Å². The normalized spacial score (nSPS) is 17.2. The summed E-state index contributed by atoms with van der Waals surface area (Å²) in [5.41, 5.74) is -0.514. The van der Waals surface area contributed by atoms with Crippen LogP contribution >= 0.6 is 0 Å². The molecule has 0 aromatic carbocycles. The molecule has 0 N–H and O–H groups in total. The van der Waals surface area contributed by atoms with E-state index in [2.05, 4.69) is 0 Å². The van der Waals surface area contributed by atoms with Crippen LogP contribution in [0.2, 0.25) is 0 Å². The van der Waals surface area contributed by atoms with Crippen LogP contribution in [0.25, 0.3) is 0 Å². The quantitative estimate of drug-likeness (QED) is 0.620. The van der Waals surface area contributed by atoms with Crippen molar-refractivity contribution in [3.8, 4) is 0 Å². The zero-order valence-electron chi connectivity index (χ0n) is 9.92. The summed E-state index contributed by atoms with van der Waals surface area (Å²) < 4.78 is 10.4. The highest BCUT2D eigenvalue weighted by Gasteiger charge is 2.40.